The van der Waals surface area contributed by atoms with E-state index in [1.54, 1.807) is 7.05 Å². The van der Waals surface area contributed by atoms with Crippen molar-refractivity contribution in [1.82, 2.24) is 15.5 Å². The zero-order valence-electron chi connectivity index (χ0n) is 12.7. The van der Waals surface area contributed by atoms with Gasteiger partial charge in [0.25, 0.3) is 0 Å². The summed E-state index contributed by atoms with van der Waals surface area (Å²) < 4.78 is 0. The normalized spacial score (nSPS) is 21.7. The summed E-state index contributed by atoms with van der Waals surface area (Å²) in [5.74, 6) is 0.456. The number of amides is 2. The second-order valence-corrected chi connectivity index (χ2v) is 5.62. The maximum Gasteiger partial charge on any atom is 0.222 e. The number of carbonyl (C=O) groups excluding carboxylic acids is 2. The van der Waals surface area contributed by atoms with Crippen LogP contribution < -0.4 is 16.4 Å². The van der Waals surface area contributed by atoms with Gasteiger partial charge in [0.15, 0.2) is 0 Å². The molecule has 0 aromatic carbocycles. The fourth-order valence-electron chi connectivity index (χ4n) is 2.58. The van der Waals surface area contributed by atoms with Crippen LogP contribution >= 0.6 is 0 Å². The maximum atomic E-state index is 11.0. The Morgan fingerprint density at radius 1 is 1.10 bits per heavy atom. The first-order valence-electron chi connectivity index (χ1n) is 7.44. The predicted octanol–water partition coefficient (Wildman–Crippen LogP) is -0.454. The van der Waals surface area contributed by atoms with Crippen LogP contribution in [0.1, 0.15) is 25.7 Å². The number of hydrogen-bond donors (Lipinski definition) is 3. The Morgan fingerprint density at radius 2 is 1.65 bits per heavy atom. The zero-order valence-corrected chi connectivity index (χ0v) is 12.7. The molecule has 20 heavy (non-hydrogen) atoms. The van der Waals surface area contributed by atoms with E-state index in [-0.39, 0.29) is 23.7 Å². The molecule has 2 fully saturated rings. The van der Waals surface area contributed by atoms with Crippen molar-refractivity contribution in [2.75, 3.05) is 40.3 Å². The van der Waals surface area contributed by atoms with Crippen molar-refractivity contribution < 1.29 is 9.59 Å². The summed E-state index contributed by atoms with van der Waals surface area (Å²) in [5.41, 5.74) is 5.16. The van der Waals surface area contributed by atoms with Gasteiger partial charge in [-0.2, -0.15) is 0 Å². The highest BCUT2D eigenvalue weighted by atomic mass is 16.2. The second-order valence-electron chi connectivity index (χ2n) is 5.62. The van der Waals surface area contributed by atoms with E-state index < -0.39 is 0 Å². The van der Waals surface area contributed by atoms with E-state index in [1.807, 2.05) is 0 Å². The average Bonchev–Trinajstić information content (AvgIpc) is 2.48. The largest absolute Gasteiger partial charge is 0.369 e. The zero-order chi connectivity index (χ0) is 15.0. The number of nitrogens with zero attached hydrogens (tertiary/aromatic N) is 1. The Balaban J connectivity index is 0.000000200. The van der Waals surface area contributed by atoms with Gasteiger partial charge < -0.3 is 21.3 Å². The van der Waals surface area contributed by atoms with Gasteiger partial charge in [0.05, 0.1) is 0 Å². The monoisotopic (exact) mass is 284 g/mol. The highest BCUT2D eigenvalue weighted by Crippen LogP contribution is 2.14. The fourth-order valence-corrected chi connectivity index (χ4v) is 2.58. The Morgan fingerprint density at radius 3 is 2.10 bits per heavy atom. The SMILES string of the molecule is CN1CCC(C(N)=O)CC1.CNC(=O)C1CCNCC1. The van der Waals surface area contributed by atoms with Gasteiger partial charge in [-0.25, -0.2) is 0 Å². The molecule has 0 atom stereocenters. The van der Waals surface area contributed by atoms with Gasteiger partial charge in [-0.3, -0.25) is 9.59 Å². The van der Waals surface area contributed by atoms with Gasteiger partial charge in [0.1, 0.15) is 0 Å². The highest BCUT2D eigenvalue weighted by molar-refractivity contribution is 5.78. The third-order valence-electron chi connectivity index (χ3n) is 4.08. The first-order valence-corrected chi connectivity index (χ1v) is 7.44. The van der Waals surface area contributed by atoms with E-state index in [1.165, 1.54) is 0 Å². The number of primary amides is 1. The topological polar surface area (TPSA) is 87.5 Å². The molecule has 0 aliphatic carbocycles. The van der Waals surface area contributed by atoms with Crippen molar-refractivity contribution in [3.8, 4) is 0 Å². The van der Waals surface area contributed by atoms with Gasteiger partial charge in [-0.15, -0.1) is 0 Å². The summed E-state index contributed by atoms with van der Waals surface area (Å²) in [6.07, 6.45) is 3.84. The van der Waals surface area contributed by atoms with E-state index in [0.717, 1.165) is 51.9 Å². The fraction of sp³-hybridized carbons (Fsp3) is 0.857. The summed E-state index contributed by atoms with van der Waals surface area (Å²) in [4.78, 5) is 23.9. The van der Waals surface area contributed by atoms with Crippen molar-refractivity contribution in [3.63, 3.8) is 0 Å². The standard InChI is InChI=1S/2C7H14N2O/c1-9-4-2-6(3-5-9)7(8)10;1-8-7(10)6-2-4-9-5-3-6/h6H,2-5H2,1H3,(H2,8,10);6,9H,2-5H2,1H3,(H,8,10). The smallest absolute Gasteiger partial charge is 0.222 e. The molecule has 6 heteroatoms. The maximum absolute atomic E-state index is 11.0. The Kier molecular flexibility index (Phi) is 7.54. The summed E-state index contributed by atoms with van der Waals surface area (Å²) in [7, 11) is 3.77. The number of nitrogens with two attached hydrogens (primary N) is 1. The summed E-state index contributed by atoms with van der Waals surface area (Å²) >= 11 is 0. The third-order valence-corrected chi connectivity index (χ3v) is 4.08. The summed E-state index contributed by atoms with van der Waals surface area (Å²) in [6, 6.07) is 0. The van der Waals surface area contributed by atoms with E-state index in [0.29, 0.717) is 0 Å². The van der Waals surface area contributed by atoms with Gasteiger partial charge >= 0.3 is 0 Å². The number of nitrogens with one attached hydrogen (secondary N) is 2. The number of likely N-dealkylation sites (tertiary alicyclic amines) is 1. The molecular weight excluding hydrogens is 256 g/mol. The van der Waals surface area contributed by atoms with E-state index in [9.17, 15) is 9.59 Å². The Bertz CT molecular complexity index is 308. The highest BCUT2D eigenvalue weighted by Gasteiger charge is 2.20. The number of rotatable bonds is 2. The van der Waals surface area contributed by atoms with Crippen molar-refractivity contribution in [3.05, 3.63) is 0 Å². The van der Waals surface area contributed by atoms with Gasteiger partial charge in [-0.1, -0.05) is 0 Å². The summed E-state index contributed by atoms with van der Waals surface area (Å²) in [5, 5.41) is 5.88. The molecule has 0 bridgehead atoms. The minimum atomic E-state index is -0.131. The molecule has 0 spiro atoms. The van der Waals surface area contributed by atoms with Crippen molar-refractivity contribution in [2.45, 2.75) is 25.7 Å². The molecule has 2 heterocycles. The number of hydrogen-bond acceptors (Lipinski definition) is 4. The lowest BCUT2D eigenvalue weighted by atomic mass is 9.97. The van der Waals surface area contributed by atoms with Gasteiger partial charge in [0, 0.05) is 18.9 Å². The molecule has 0 radical (unpaired) electrons. The molecule has 2 saturated heterocycles. The van der Waals surface area contributed by atoms with E-state index >= 15 is 0 Å². The Hall–Kier alpha value is -1.14. The third kappa shape index (κ3) is 5.88. The first-order chi connectivity index (χ1) is 9.54. The molecule has 0 aromatic rings. The molecule has 0 aromatic heterocycles. The lowest BCUT2D eigenvalue weighted by molar-refractivity contribution is -0.125. The lowest BCUT2D eigenvalue weighted by Crippen LogP contribution is -2.36. The molecule has 0 unspecified atom stereocenters. The van der Waals surface area contributed by atoms with E-state index in [4.69, 9.17) is 5.73 Å². The van der Waals surface area contributed by atoms with Gasteiger partial charge in [0.2, 0.25) is 11.8 Å². The quantitative estimate of drug-likeness (QED) is 0.641. The predicted molar refractivity (Wildman–Crippen MR) is 79.1 cm³/mol. The molecule has 2 amide bonds. The molecule has 2 aliphatic heterocycles. The molecule has 116 valence electrons. The Labute approximate surface area is 121 Å². The van der Waals surface area contributed by atoms with Crippen LogP contribution in [0.25, 0.3) is 0 Å². The van der Waals surface area contributed by atoms with Crippen LogP contribution in [-0.4, -0.2) is 57.0 Å². The van der Waals surface area contributed by atoms with Crippen LogP contribution in [0.15, 0.2) is 0 Å². The average molecular weight is 284 g/mol. The van der Waals surface area contributed by atoms with Gasteiger partial charge in [-0.05, 0) is 58.9 Å². The molecule has 2 rings (SSSR count). The number of piperidine rings is 2. The minimum Gasteiger partial charge on any atom is -0.369 e. The second kappa shape index (κ2) is 8.92. The lowest BCUT2D eigenvalue weighted by Gasteiger charge is -2.26. The summed E-state index contributed by atoms with van der Waals surface area (Å²) in [6.45, 7) is 3.98. The molecule has 0 saturated carbocycles. The van der Waals surface area contributed by atoms with Crippen molar-refractivity contribution >= 4 is 11.8 Å². The molecule has 2 aliphatic rings. The van der Waals surface area contributed by atoms with Crippen molar-refractivity contribution in [2.24, 2.45) is 17.6 Å². The van der Waals surface area contributed by atoms with Crippen molar-refractivity contribution in [1.29, 1.82) is 0 Å². The van der Waals surface area contributed by atoms with E-state index in [2.05, 4.69) is 22.6 Å². The molecule has 4 N–H and O–H groups in total. The van der Waals surface area contributed by atoms with Crippen LogP contribution in [0.4, 0.5) is 0 Å². The van der Waals surface area contributed by atoms with Crippen LogP contribution in [0.3, 0.4) is 0 Å². The molecular formula is C14H28N4O2. The van der Waals surface area contributed by atoms with Crippen LogP contribution in [0, 0.1) is 11.8 Å². The molecule has 6 nitrogen and oxygen atoms in total. The van der Waals surface area contributed by atoms with Crippen LogP contribution in [-0.2, 0) is 9.59 Å². The first kappa shape index (κ1) is 16.9. The van der Waals surface area contributed by atoms with Crippen LogP contribution in [0.5, 0.6) is 0 Å². The number of carbonyl (C=O) groups is 2. The van der Waals surface area contributed by atoms with Crippen LogP contribution in [0.2, 0.25) is 0 Å². The minimum absolute atomic E-state index is 0.131.